The second-order valence-electron chi connectivity index (χ2n) is 7.06. The van der Waals surface area contributed by atoms with Gasteiger partial charge < -0.3 is 4.90 Å². The van der Waals surface area contributed by atoms with Crippen LogP contribution in [0, 0.1) is 0 Å². The number of hydrogen-bond acceptors (Lipinski definition) is 4. The van der Waals surface area contributed by atoms with Gasteiger partial charge in [-0.2, -0.15) is 13.2 Å². The molecular formula is C17H21ClF3N3O3S. The number of amides is 1. The van der Waals surface area contributed by atoms with Gasteiger partial charge >= 0.3 is 6.18 Å². The Kier molecular flexibility index (Phi) is 6.23. The van der Waals surface area contributed by atoms with Gasteiger partial charge in [-0.15, -0.1) is 0 Å². The molecule has 0 bridgehead atoms. The summed E-state index contributed by atoms with van der Waals surface area (Å²) in [7, 11) is -3.68. The van der Waals surface area contributed by atoms with E-state index in [0.717, 1.165) is 4.90 Å². The fourth-order valence-corrected chi connectivity index (χ4v) is 5.10. The molecule has 1 atom stereocenters. The molecule has 1 amide bonds. The first-order valence-electron chi connectivity index (χ1n) is 8.93. The van der Waals surface area contributed by atoms with Gasteiger partial charge in [0.25, 0.3) is 0 Å². The van der Waals surface area contributed by atoms with Crippen LogP contribution < -0.4 is 4.72 Å². The molecule has 2 aliphatic rings. The minimum absolute atomic E-state index is 0.0894. The standard InChI is InChI=1S/C17H21ClF3N3O3S/c18-12-1-3-14(4-2-12)28(26,27)22-13-5-8-23(9-6-13)15-7-10-24(16(15)25)11-17(19,20)21/h1-4,13,15,22H,5-11H2. The smallest absolute Gasteiger partial charge is 0.332 e. The molecule has 2 fully saturated rings. The Morgan fingerprint density at radius 3 is 2.25 bits per heavy atom. The average molecular weight is 440 g/mol. The van der Waals surface area contributed by atoms with Crippen LogP contribution in [0.1, 0.15) is 19.3 Å². The molecule has 0 spiro atoms. The summed E-state index contributed by atoms with van der Waals surface area (Å²) in [5, 5.41) is 0.438. The minimum atomic E-state index is -4.41. The van der Waals surface area contributed by atoms with Crippen LogP contribution >= 0.6 is 11.6 Å². The molecular weight excluding hydrogens is 419 g/mol. The van der Waals surface area contributed by atoms with Crippen molar-refractivity contribution in [2.24, 2.45) is 0 Å². The zero-order valence-electron chi connectivity index (χ0n) is 15.0. The van der Waals surface area contributed by atoms with E-state index in [2.05, 4.69) is 4.72 Å². The van der Waals surface area contributed by atoms with Gasteiger partial charge in [0.1, 0.15) is 6.54 Å². The van der Waals surface area contributed by atoms with E-state index in [-0.39, 0.29) is 17.5 Å². The van der Waals surface area contributed by atoms with Gasteiger partial charge in [-0.3, -0.25) is 9.69 Å². The molecule has 2 heterocycles. The maximum Gasteiger partial charge on any atom is 0.406 e. The fourth-order valence-electron chi connectivity index (χ4n) is 3.66. The van der Waals surface area contributed by atoms with Gasteiger partial charge in [-0.05, 0) is 43.5 Å². The number of likely N-dealkylation sites (tertiary alicyclic amines) is 2. The third-order valence-electron chi connectivity index (χ3n) is 5.06. The van der Waals surface area contributed by atoms with Crippen molar-refractivity contribution in [1.82, 2.24) is 14.5 Å². The highest BCUT2D eigenvalue weighted by Gasteiger charge is 2.42. The van der Waals surface area contributed by atoms with Crippen LogP contribution in [0.25, 0.3) is 0 Å². The number of benzene rings is 1. The number of sulfonamides is 1. The topological polar surface area (TPSA) is 69.7 Å². The second kappa shape index (κ2) is 8.17. The molecule has 6 nitrogen and oxygen atoms in total. The molecule has 0 radical (unpaired) electrons. The molecule has 11 heteroatoms. The molecule has 1 unspecified atom stereocenters. The first-order valence-corrected chi connectivity index (χ1v) is 10.8. The number of hydrogen-bond donors (Lipinski definition) is 1. The van der Waals surface area contributed by atoms with Crippen molar-refractivity contribution in [2.45, 2.75) is 42.4 Å². The van der Waals surface area contributed by atoms with Crippen LogP contribution in [-0.4, -0.2) is 68.6 Å². The Labute approximate surface area is 166 Å². The molecule has 0 saturated carbocycles. The van der Waals surface area contributed by atoms with Gasteiger partial charge in [0.15, 0.2) is 0 Å². The van der Waals surface area contributed by atoms with Crippen LogP contribution in [0.3, 0.4) is 0 Å². The number of alkyl halides is 3. The lowest BCUT2D eigenvalue weighted by Gasteiger charge is -2.35. The SMILES string of the molecule is O=C1C(N2CCC(NS(=O)(=O)c3ccc(Cl)cc3)CC2)CCN1CC(F)(F)F. The van der Waals surface area contributed by atoms with Crippen molar-refractivity contribution in [3.63, 3.8) is 0 Å². The first kappa shape index (κ1) is 21.4. The molecule has 3 rings (SSSR count). The molecule has 2 saturated heterocycles. The number of rotatable bonds is 5. The monoisotopic (exact) mass is 439 g/mol. The lowest BCUT2D eigenvalue weighted by molar-refractivity contribution is -0.159. The van der Waals surface area contributed by atoms with E-state index < -0.39 is 34.7 Å². The maximum atomic E-state index is 12.5. The van der Waals surface area contributed by atoms with Crippen molar-refractivity contribution in [3.8, 4) is 0 Å². The van der Waals surface area contributed by atoms with Crippen molar-refractivity contribution in [1.29, 1.82) is 0 Å². The number of nitrogens with one attached hydrogen (secondary N) is 1. The third-order valence-corrected chi connectivity index (χ3v) is 6.84. The van der Waals surface area contributed by atoms with E-state index in [9.17, 15) is 26.4 Å². The predicted octanol–water partition coefficient (Wildman–Crippen LogP) is 2.25. The molecule has 0 aromatic heterocycles. The van der Waals surface area contributed by atoms with Crippen LogP contribution in [0.2, 0.25) is 5.02 Å². The van der Waals surface area contributed by atoms with Crippen molar-refractivity contribution < 1.29 is 26.4 Å². The highest BCUT2D eigenvalue weighted by molar-refractivity contribution is 7.89. The van der Waals surface area contributed by atoms with E-state index in [4.69, 9.17) is 11.6 Å². The zero-order valence-corrected chi connectivity index (χ0v) is 16.5. The van der Waals surface area contributed by atoms with Gasteiger partial charge in [0.05, 0.1) is 10.9 Å². The Morgan fingerprint density at radius 2 is 1.68 bits per heavy atom. The summed E-state index contributed by atoms with van der Waals surface area (Å²) in [4.78, 5) is 15.1. The largest absolute Gasteiger partial charge is 0.406 e. The predicted molar refractivity (Wildman–Crippen MR) is 97.4 cm³/mol. The lowest BCUT2D eigenvalue weighted by atomic mass is 10.0. The molecule has 2 aliphatic heterocycles. The Balaban J connectivity index is 1.53. The summed E-state index contributed by atoms with van der Waals surface area (Å²) >= 11 is 5.78. The van der Waals surface area contributed by atoms with Crippen molar-refractivity contribution >= 4 is 27.5 Å². The highest BCUT2D eigenvalue weighted by atomic mass is 35.5. The van der Waals surface area contributed by atoms with Crippen LogP contribution in [0.15, 0.2) is 29.2 Å². The first-order chi connectivity index (χ1) is 13.0. The summed E-state index contributed by atoms with van der Waals surface area (Å²) in [5.74, 6) is -0.502. The van der Waals surface area contributed by atoms with Gasteiger partial charge in [0, 0.05) is 30.7 Å². The van der Waals surface area contributed by atoms with Gasteiger partial charge in [-0.25, -0.2) is 13.1 Å². The molecule has 1 N–H and O–H groups in total. The van der Waals surface area contributed by atoms with Crippen LogP contribution in [-0.2, 0) is 14.8 Å². The van der Waals surface area contributed by atoms with E-state index in [1.54, 1.807) is 0 Å². The minimum Gasteiger partial charge on any atom is -0.332 e. The Morgan fingerprint density at radius 1 is 1.07 bits per heavy atom. The maximum absolute atomic E-state index is 12.5. The van der Waals surface area contributed by atoms with Crippen molar-refractivity contribution in [2.75, 3.05) is 26.2 Å². The number of halogens is 4. The molecule has 156 valence electrons. The van der Waals surface area contributed by atoms with Crippen LogP contribution in [0.4, 0.5) is 13.2 Å². The number of nitrogens with zero attached hydrogens (tertiary/aromatic N) is 2. The Hall–Kier alpha value is -1.36. The summed E-state index contributed by atoms with van der Waals surface area (Å²) < 4.78 is 65.2. The van der Waals surface area contributed by atoms with Crippen LogP contribution in [0.5, 0.6) is 0 Å². The highest BCUT2D eigenvalue weighted by Crippen LogP contribution is 2.26. The second-order valence-corrected chi connectivity index (χ2v) is 9.22. The number of carbonyl (C=O) groups excluding carboxylic acids is 1. The Bertz CT molecular complexity index is 809. The summed E-state index contributed by atoms with van der Waals surface area (Å²) in [5.41, 5.74) is 0. The summed E-state index contributed by atoms with van der Waals surface area (Å²) in [6.07, 6.45) is -3.08. The lowest BCUT2D eigenvalue weighted by Crippen LogP contribution is -2.50. The normalized spacial score (nSPS) is 22.8. The van der Waals surface area contributed by atoms with E-state index >= 15 is 0 Å². The molecule has 28 heavy (non-hydrogen) atoms. The number of piperidine rings is 1. The molecule has 1 aromatic rings. The van der Waals surface area contributed by atoms with E-state index in [1.165, 1.54) is 24.3 Å². The zero-order chi connectivity index (χ0) is 20.5. The quantitative estimate of drug-likeness (QED) is 0.764. The fraction of sp³-hybridized carbons (Fsp3) is 0.588. The summed E-state index contributed by atoms with van der Waals surface area (Å²) in [6, 6.07) is 4.99. The van der Waals surface area contributed by atoms with Crippen molar-refractivity contribution in [3.05, 3.63) is 29.3 Å². The van der Waals surface area contributed by atoms with Gasteiger partial charge in [-0.1, -0.05) is 11.6 Å². The number of carbonyl (C=O) groups is 1. The van der Waals surface area contributed by atoms with E-state index in [0.29, 0.717) is 37.4 Å². The molecule has 1 aromatic carbocycles. The van der Waals surface area contributed by atoms with Gasteiger partial charge in [0.2, 0.25) is 15.9 Å². The van der Waals surface area contributed by atoms with E-state index in [1.807, 2.05) is 4.90 Å². The average Bonchev–Trinajstić information content (AvgIpc) is 2.95. The molecule has 0 aliphatic carbocycles. The summed E-state index contributed by atoms with van der Waals surface area (Å²) in [6.45, 7) is -0.236. The third kappa shape index (κ3) is 5.16.